The average molecular weight is 320 g/mol. The van der Waals surface area contributed by atoms with E-state index in [4.69, 9.17) is 5.73 Å². The van der Waals surface area contributed by atoms with Gasteiger partial charge in [-0.2, -0.15) is 0 Å². The van der Waals surface area contributed by atoms with Crippen molar-refractivity contribution in [2.24, 2.45) is 5.73 Å². The van der Waals surface area contributed by atoms with Crippen LogP contribution < -0.4 is 10.6 Å². The molecule has 1 fully saturated rings. The fraction of sp³-hybridized carbons (Fsp3) is 0.364. The zero-order chi connectivity index (χ0) is 17.3. The minimum Gasteiger partial charge on any atom is -0.399 e. The predicted octanol–water partition coefficient (Wildman–Crippen LogP) is 5.26. The van der Waals surface area contributed by atoms with Gasteiger partial charge in [-0.15, -0.1) is 0 Å². The number of nitrogens with zero attached hydrogens (tertiary/aromatic N) is 1. The van der Waals surface area contributed by atoms with Crippen molar-refractivity contribution >= 4 is 11.4 Å². The van der Waals surface area contributed by atoms with Crippen molar-refractivity contribution < 1.29 is 0 Å². The van der Waals surface area contributed by atoms with E-state index in [2.05, 4.69) is 80.8 Å². The first kappa shape index (κ1) is 16.6. The van der Waals surface area contributed by atoms with Crippen LogP contribution in [0.25, 0.3) is 5.70 Å². The number of nitrogens with two attached hydrogens (primary N) is 1. The monoisotopic (exact) mass is 320 g/mol. The van der Waals surface area contributed by atoms with Crippen LogP contribution in [-0.2, 0) is 5.41 Å². The Morgan fingerprint density at radius 3 is 2.21 bits per heavy atom. The van der Waals surface area contributed by atoms with E-state index >= 15 is 0 Å². The van der Waals surface area contributed by atoms with Gasteiger partial charge >= 0.3 is 0 Å². The molecule has 2 aromatic carbocycles. The highest BCUT2D eigenvalue weighted by Crippen LogP contribution is 2.37. The first-order valence-electron chi connectivity index (χ1n) is 8.78. The lowest BCUT2D eigenvalue weighted by molar-refractivity contribution is 0.590. The van der Waals surface area contributed by atoms with E-state index in [9.17, 15) is 0 Å². The molecule has 3 rings (SSSR count). The lowest BCUT2D eigenvalue weighted by Gasteiger charge is -2.28. The molecule has 0 aromatic heterocycles. The maximum atomic E-state index is 5.78. The molecule has 1 aliphatic heterocycles. The highest BCUT2D eigenvalue weighted by Gasteiger charge is 2.26. The van der Waals surface area contributed by atoms with Gasteiger partial charge < -0.3 is 10.6 Å². The molecule has 2 aromatic rings. The number of hydrogen-bond acceptors (Lipinski definition) is 2. The Balaban J connectivity index is 1.84. The molecule has 126 valence electrons. The maximum Gasteiger partial charge on any atom is 0.0543 e. The van der Waals surface area contributed by atoms with Crippen molar-refractivity contribution in [2.45, 2.75) is 45.1 Å². The third-order valence-electron chi connectivity index (χ3n) is 4.98. The lowest BCUT2D eigenvalue weighted by atomic mass is 9.87. The van der Waals surface area contributed by atoms with E-state index in [0.29, 0.717) is 11.7 Å². The second-order valence-corrected chi connectivity index (χ2v) is 7.80. The third-order valence-corrected chi connectivity index (χ3v) is 4.98. The van der Waals surface area contributed by atoms with Gasteiger partial charge in [0.2, 0.25) is 0 Å². The number of benzene rings is 2. The largest absolute Gasteiger partial charge is 0.399 e. The van der Waals surface area contributed by atoms with Crippen molar-refractivity contribution in [1.29, 1.82) is 0 Å². The second-order valence-electron chi connectivity index (χ2n) is 7.80. The van der Waals surface area contributed by atoms with Crippen LogP contribution >= 0.6 is 0 Å². The predicted molar refractivity (Wildman–Crippen MR) is 104 cm³/mol. The molecular weight excluding hydrogens is 292 g/mol. The zero-order valence-corrected chi connectivity index (χ0v) is 15.0. The van der Waals surface area contributed by atoms with Gasteiger partial charge in [-0.05, 0) is 47.1 Å². The Labute approximate surface area is 146 Å². The molecule has 0 bridgehead atoms. The number of anilines is 1. The van der Waals surface area contributed by atoms with Crippen molar-refractivity contribution in [3.63, 3.8) is 0 Å². The van der Waals surface area contributed by atoms with Crippen molar-refractivity contribution in [1.82, 2.24) is 0 Å². The summed E-state index contributed by atoms with van der Waals surface area (Å²) in [5.74, 6) is 0. The molecule has 2 heteroatoms. The Kier molecular flexibility index (Phi) is 4.40. The van der Waals surface area contributed by atoms with Crippen LogP contribution in [0.2, 0.25) is 0 Å². The second kappa shape index (κ2) is 6.35. The molecule has 0 saturated carbocycles. The van der Waals surface area contributed by atoms with Gasteiger partial charge in [-0.1, -0.05) is 63.7 Å². The van der Waals surface area contributed by atoms with Crippen molar-refractivity contribution in [3.8, 4) is 0 Å². The molecule has 1 aliphatic rings. The van der Waals surface area contributed by atoms with Crippen LogP contribution in [0.3, 0.4) is 0 Å². The molecule has 24 heavy (non-hydrogen) atoms. The quantitative estimate of drug-likeness (QED) is 0.836. The van der Waals surface area contributed by atoms with Gasteiger partial charge in [-0.25, -0.2) is 0 Å². The van der Waals surface area contributed by atoms with Gasteiger partial charge in [0, 0.05) is 17.9 Å². The molecule has 2 N–H and O–H groups in total. The highest BCUT2D eigenvalue weighted by molar-refractivity contribution is 5.61. The summed E-state index contributed by atoms with van der Waals surface area (Å²) in [7, 11) is 0. The van der Waals surface area contributed by atoms with E-state index < -0.39 is 0 Å². The van der Waals surface area contributed by atoms with Gasteiger partial charge in [-0.3, -0.25) is 0 Å². The summed E-state index contributed by atoms with van der Waals surface area (Å²) in [6, 6.07) is 18.1. The summed E-state index contributed by atoms with van der Waals surface area (Å²) in [5, 5.41) is 0. The van der Waals surface area contributed by atoms with Crippen LogP contribution in [0.15, 0.2) is 55.1 Å². The summed E-state index contributed by atoms with van der Waals surface area (Å²) < 4.78 is 0. The third kappa shape index (κ3) is 3.33. The minimum atomic E-state index is 0.198. The first-order chi connectivity index (χ1) is 11.4. The molecule has 2 nitrogen and oxygen atoms in total. The Bertz CT molecular complexity index is 705. The van der Waals surface area contributed by atoms with Crippen LogP contribution in [-0.4, -0.2) is 6.54 Å². The lowest BCUT2D eigenvalue weighted by Crippen LogP contribution is -2.22. The summed E-state index contributed by atoms with van der Waals surface area (Å²) in [6.45, 7) is 11.7. The molecular formula is C22H28N2. The summed E-state index contributed by atoms with van der Waals surface area (Å²) in [5.41, 5.74) is 11.7. The molecule has 0 unspecified atom stereocenters. The molecule has 1 saturated heterocycles. The van der Waals surface area contributed by atoms with Crippen LogP contribution in [0.1, 0.15) is 56.3 Å². The number of rotatable bonds is 3. The van der Waals surface area contributed by atoms with E-state index in [1.165, 1.54) is 29.7 Å². The number of hydrogen-bond donors (Lipinski definition) is 1. The molecule has 0 amide bonds. The first-order valence-corrected chi connectivity index (χ1v) is 8.78. The summed E-state index contributed by atoms with van der Waals surface area (Å²) in [6.07, 6.45) is 2.43. The molecule has 0 aliphatic carbocycles. The van der Waals surface area contributed by atoms with E-state index in [1.807, 2.05) is 0 Å². The van der Waals surface area contributed by atoms with Crippen LogP contribution in [0, 0.1) is 0 Å². The van der Waals surface area contributed by atoms with E-state index in [1.54, 1.807) is 0 Å². The maximum absolute atomic E-state index is 5.78. The summed E-state index contributed by atoms with van der Waals surface area (Å²) >= 11 is 0. The highest BCUT2D eigenvalue weighted by atomic mass is 15.2. The van der Waals surface area contributed by atoms with Gasteiger partial charge in [0.1, 0.15) is 0 Å². The molecule has 0 radical (unpaired) electrons. The topological polar surface area (TPSA) is 29.3 Å². The van der Waals surface area contributed by atoms with Crippen molar-refractivity contribution in [3.05, 3.63) is 71.8 Å². The average Bonchev–Trinajstić information content (AvgIpc) is 3.04. The SMILES string of the molecule is C=C(N)c1ccc([C@H]2CCCN2c2ccc(C(C)(C)C)cc2)cc1. The van der Waals surface area contributed by atoms with Crippen LogP contribution in [0.4, 0.5) is 5.69 Å². The fourth-order valence-electron chi connectivity index (χ4n) is 3.49. The Hall–Kier alpha value is -2.22. The summed E-state index contributed by atoms with van der Waals surface area (Å²) in [4.78, 5) is 2.53. The van der Waals surface area contributed by atoms with Gasteiger partial charge in [0.25, 0.3) is 0 Å². The molecule has 1 atom stereocenters. The molecule has 0 spiro atoms. The fourth-order valence-corrected chi connectivity index (χ4v) is 3.49. The Morgan fingerprint density at radius 2 is 1.67 bits per heavy atom. The van der Waals surface area contributed by atoms with E-state index in [-0.39, 0.29) is 5.41 Å². The standard InChI is InChI=1S/C22H28N2/c1-16(23)17-7-9-18(10-8-17)21-6-5-15-24(21)20-13-11-19(12-14-20)22(2,3)4/h7-14,21H,1,5-6,15,23H2,2-4H3/t21-/m1/s1. The van der Waals surface area contributed by atoms with E-state index in [0.717, 1.165) is 12.1 Å². The smallest absolute Gasteiger partial charge is 0.0543 e. The Morgan fingerprint density at radius 1 is 1.04 bits per heavy atom. The van der Waals surface area contributed by atoms with Gasteiger partial charge in [0.05, 0.1) is 6.04 Å². The molecule has 1 heterocycles. The normalized spacial score (nSPS) is 18.0. The van der Waals surface area contributed by atoms with Crippen molar-refractivity contribution in [2.75, 3.05) is 11.4 Å². The minimum absolute atomic E-state index is 0.198. The van der Waals surface area contributed by atoms with Gasteiger partial charge in [0.15, 0.2) is 0 Å². The zero-order valence-electron chi connectivity index (χ0n) is 15.0. The van der Waals surface area contributed by atoms with Crippen LogP contribution in [0.5, 0.6) is 0 Å².